The number of rotatable bonds is 5. The van der Waals surface area contributed by atoms with Crippen molar-refractivity contribution < 1.29 is 18.3 Å². The molecule has 11 heteroatoms. The van der Waals surface area contributed by atoms with Crippen LogP contribution in [0.15, 0.2) is 42.7 Å². The van der Waals surface area contributed by atoms with Crippen molar-refractivity contribution >= 4 is 33.4 Å². The summed E-state index contributed by atoms with van der Waals surface area (Å²) in [5.41, 5.74) is 3.53. The fraction of sp³-hybridized carbons (Fsp3) is 0.320. The van der Waals surface area contributed by atoms with Gasteiger partial charge in [0.25, 0.3) is 0 Å². The van der Waals surface area contributed by atoms with Crippen molar-refractivity contribution in [2.75, 3.05) is 34.4 Å². The minimum atomic E-state index is -2.99. The third kappa shape index (κ3) is 4.85. The molecule has 2 aliphatic rings. The zero-order valence-electron chi connectivity index (χ0n) is 19.6. The van der Waals surface area contributed by atoms with E-state index in [2.05, 4.69) is 15.0 Å². The summed E-state index contributed by atoms with van der Waals surface area (Å²) in [6.07, 6.45) is 3.89. The summed E-state index contributed by atoms with van der Waals surface area (Å²) >= 11 is 0. The molecular formula is C25H24N6O4S. The Labute approximate surface area is 208 Å². The number of amides is 1. The molecule has 0 bridgehead atoms. The van der Waals surface area contributed by atoms with Crippen LogP contribution in [0.1, 0.15) is 35.4 Å². The lowest BCUT2D eigenvalue weighted by atomic mass is 10.0. The van der Waals surface area contributed by atoms with E-state index in [4.69, 9.17) is 0 Å². The Hall–Kier alpha value is -4.04. The van der Waals surface area contributed by atoms with Crippen LogP contribution in [0.2, 0.25) is 0 Å². The molecule has 0 unspecified atom stereocenters. The monoisotopic (exact) mass is 504 g/mol. The van der Waals surface area contributed by atoms with Gasteiger partial charge in [-0.15, -0.1) is 0 Å². The van der Waals surface area contributed by atoms with E-state index in [1.807, 2.05) is 30.0 Å². The van der Waals surface area contributed by atoms with Gasteiger partial charge in [-0.3, -0.25) is 0 Å². The van der Waals surface area contributed by atoms with Gasteiger partial charge in [0.2, 0.25) is 0 Å². The van der Waals surface area contributed by atoms with E-state index in [1.165, 1.54) is 18.3 Å². The molecule has 0 aromatic carbocycles. The van der Waals surface area contributed by atoms with Crippen LogP contribution < -0.4 is 9.80 Å². The van der Waals surface area contributed by atoms with Crippen LogP contribution in [0.4, 0.5) is 22.2 Å². The highest BCUT2D eigenvalue weighted by Gasteiger charge is 2.28. The van der Waals surface area contributed by atoms with Gasteiger partial charge < -0.3 is 10.0 Å². The maximum Gasteiger partial charge on any atom is 0.418 e. The molecule has 3 aromatic rings. The van der Waals surface area contributed by atoms with E-state index in [0.717, 1.165) is 34.4 Å². The van der Waals surface area contributed by atoms with Crippen LogP contribution in [0, 0.1) is 18.3 Å². The number of hydrogen-bond acceptors (Lipinski definition) is 8. The van der Waals surface area contributed by atoms with Crippen molar-refractivity contribution in [1.29, 1.82) is 5.26 Å². The molecule has 36 heavy (non-hydrogen) atoms. The standard InChI is InChI=1S/C25H24N6O4S/c1-16-10-22(30-6-8-36(34,35)9-7-30)28-15-20(16)21-12-19(18-2-3-18)13-24(29-21)31(25(32)33)23-11-17(14-26)4-5-27-23/h4-5,10-13,15,18H,2-3,6-9H2,1H3,(H,32,33). The summed E-state index contributed by atoms with van der Waals surface area (Å²) in [4.78, 5) is 28.6. The van der Waals surface area contributed by atoms with Crippen molar-refractivity contribution in [3.05, 3.63) is 59.4 Å². The molecule has 1 aliphatic heterocycles. The zero-order chi connectivity index (χ0) is 25.4. The minimum absolute atomic E-state index is 0.0955. The van der Waals surface area contributed by atoms with Crippen LogP contribution in [0.5, 0.6) is 0 Å². The highest BCUT2D eigenvalue weighted by Crippen LogP contribution is 2.43. The Morgan fingerprint density at radius 3 is 2.53 bits per heavy atom. The number of hydrogen-bond donors (Lipinski definition) is 1. The first-order valence-electron chi connectivity index (χ1n) is 11.6. The van der Waals surface area contributed by atoms with Crippen LogP contribution in [-0.2, 0) is 9.84 Å². The number of pyridine rings is 3. The van der Waals surface area contributed by atoms with Crippen molar-refractivity contribution in [2.45, 2.75) is 25.7 Å². The van der Waals surface area contributed by atoms with Crippen LogP contribution in [0.25, 0.3) is 11.3 Å². The van der Waals surface area contributed by atoms with E-state index in [-0.39, 0.29) is 23.1 Å². The number of carbonyl (C=O) groups is 1. The smallest absolute Gasteiger partial charge is 0.418 e. The lowest BCUT2D eigenvalue weighted by molar-refractivity contribution is 0.204. The van der Waals surface area contributed by atoms with E-state index in [9.17, 15) is 23.6 Å². The molecule has 0 atom stereocenters. The number of aryl methyl sites for hydroxylation is 1. The lowest BCUT2D eigenvalue weighted by Gasteiger charge is -2.28. The normalized spacial score (nSPS) is 16.8. The molecule has 1 aliphatic carbocycles. The van der Waals surface area contributed by atoms with E-state index >= 15 is 0 Å². The topological polar surface area (TPSA) is 140 Å². The van der Waals surface area contributed by atoms with Gasteiger partial charge in [0.15, 0.2) is 9.84 Å². The largest absolute Gasteiger partial charge is 0.464 e. The van der Waals surface area contributed by atoms with Gasteiger partial charge in [0, 0.05) is 31.0 Å². The predicted octanol–water partition coefficient (Wildman–Crippen LogP) is 3.65. The first-order chi connectivity index (χ1) is 17.2. The van der Waals surface area contributed by atoms with Crippen molar-refractivity contribution in [3.63, 3.8) is 0 Å². The first kappa shape index (κ1) is 23.7. The number of aromatic nitrogens is 3. The van der Waals surface area contributed by atoms with Gasteiger partial charge in [-0.05, 0) is 67.1 Å². The van der Waals surface area contributed by atoms with Gasteiger partial charge in [-0.1, -0.05) is 0 Å². The van der Waals surface area contributed by atoms with Gasteiger partial charge in [-0.2, -0.15) is 5.26 Å². The minimum Gasteiger partial charge on any atom is -0.464 e. The van der Waals surface area contributed by atoms with Gasteiger partial charge in [0.1, 0.15) is 17.5 Å². The van der Waals surface area contributed by atoms with Crippen molar-refractivity contribution in [2.24, 2.45) is 0 Å². The van der Waals surface area contributed by atoms with Crippen LogP contribution in [-0.4, -0.2) is 59.2 Å². The molecule has 10 nitrogen and oxygen atoms in total. The molecule has 1 N–H and O–H groups in total. The summed E-state index contributed by atoms with van der Waals surface area (Å²) < 4.78 is 23.6. The average molecular weight is 505 g/mol. The fourth-order valence-electron chi connectivity index (χ4n) is 4.29. The van der Waals surface area contributed by atoms with Gasteiger partial charge in [-0.25, -0.2) is 33.1 Å². The SMILES string of the molecule is Cc1cc(N2CCS(=O)(=O)CC2)ncc1-c1cc(C2CC2)cc(N(C(=O)O)c2cc(C#N)ccn2)n1. The maximum absolute atomic E-state index is 12.3. The van der Waals surface area contributed by atoms with Crippen molar-refractivity contribution in [3.8, 4) is 17.3 Å². The molecule has 5 rings (SSSR count). The molecule has 184 valence electrons. The summed E-state index contributed by atoms with van der Waals surface area (Å²) in [5, 5.41) is 19.3. The molecule has 0 radical (unpaired) electrons. The quantitative estimate of drug-likeness (QED) is 0.551. The van der Waals surface area contributed by atoms with Gasteiger partial charge in [0.05, 0.1) is 28.8 Å². The Morgan fingerprint density at radius 2 is 1.89 bits per heavy atom. The van der Waals surface area contributed by atoms with Crippen molar-refractivity contribution in [1.82, 2.24) is 15.0 Å². The third-order valence-electron chi connectivity index (χ3n) is 6.45. The third-order valence-corrected chi connectivity index (χ3v) is 8.06. The van der Waals surface area contributed by atoms with Crippen LogP contribution >= 0.6 is 0 Å². The Morgan fingerprint density at radius 1 is 1.14 bits per heavy atom. The second kappa shape index (κ2) is 9.20. The predicted molar refractivity (Wildman–Crippen MR) is 134 cm³/mol. The summed E-state index contributed by atoms with van der Waals surface area (Å²) in [6.45, 7) is 2.73. The van der Waals surface area contributed by atoms with Crippen LogP contribution in [0.3, 0.4) is 0 Å². The number of anilines is 3. The summed E-state index contributed by atoms with van der Waals surface area (Å²) in [6, 6.07) is 10.6. The zero-order valence-corrected chi connectivity index (χ0v) is 20.4. The number of carboxylic acid groups (broad SMARTS) is 1. The highest BCUT2D eigenvalue weighted by molar-refractivity contribution is 7.91. The van der Waals surface area contributed by atoms with E-state index < -0.39 is 15.9 Å². The second-order valence-corrected chi connectivity index (χ2v) is 11.4. The molecule has 1 saturated carbocycles. The Kier molecular flexibility index (Phi) is 6.05. The number of sulfone groups is 1. The average Bonchev–Trinajstić information content (AvgIpc) is 3.69. The molecule has 4 heterocycles. The molecule has 2 fully saturated rings. The maximum atomic E-state index is 12.3. The Balaban J connectivity index is 1.54. The summed E-state index contributed by atoms with van der Waals surface area (Å²) in [5.74, 6) is 1.55. The number of nitrogens with zero attached hydrogens (tertiary/aromatic N) is 6. The van der Waals surface area contributed by atoms with E-state index in [1.54, 1.807) is 12.3 Å². The summed E-state index contributed by atoms with van der Waals surface area (Å²) in [7, 11) is -2.99. The molecule has 1 amide bonds. The second-order valence-electron chi connectivity index (χ2n) is 9.05. The lowest BCUT2D eigenvalue weighted by Crippen LogP contribution is -2.40. The first-order valence-corrected chi connectivity index (χ1v) is 13.4. The highest BCUT2D eigenvalue weighted by atomic mass is 32.2. The molecule has 1 saturated heterocycles. The molecular weight excluding hydrogens is 480 g/mol. The van der Waals surface area contributed by atoms with Gasteiger partial charge >= 0.3 is 6.09 Å². The Bertz CT molecular complexity index is 1480. The molecule has 0 spiro atoms. The molecule has 3 aromatic heterocycles. The number of nitriles is 1. The fourth-order valence-corrected chi connectivity index (χ4v) is 5.49. The van der Waals surface area contributed by atoms with E-state index in [0.29, 0.717) is 36.1 Å².